The maximum Gasteiger partial charge on any atom is 0.292 e. The molecule has 0 bridgehead atoms. The number of nitrogens with one attached hydrogen (secondary N) is 1. The van der Waals surface area contributed by atoms with Crippen LogP contribution in [0.2, 0.25) is 0 Å². The van der Waals surface area contributed by atoms with E-state index in [0.29, 0.717) is 6.54 Å². The lowest BCUT2D eigenvalue weighted by atomic mass is 10.1. The van der Waals surface area contributed by atoms with Crippen LogP contribution in [-0.2, 0) is 17.8 Å². The van der Waals surface area contributed by atoms with Gasteiger partial charge in [0.05, 0.1) is 18.1 Å². The number of benzene rings is 2. The Morgan fingerprint density at radius 1 is 1.16 bits per heavy atom. The number of anilines is 1. The quantitative estimate of drug-likeness (QED) is 0.643. The fraction of sp³-hybridized carbons (Fsp3) is 0.333. The van der Waals surface area contributed by atoms with Gasteiger partial charge in [0.2, 0.25) is 0 Å². The van der Waals surface area contributed by atoms with Gasteiger partial charge in [0.1, 0.15) is 11.5 Å². The monoisotopic (exact) mass is 345 g/mol. The Kier molecular flexibility index (Phi) is 5.57. The zero-order valence-electron chi connectivity index (χ0n) is 13.8. The first-order valence-corrected chi connectivity index (χ1v) is 8.17. The lowest BCUT2D eigenvalue weighted by Crippen LogP contribution is -2.35. The minimum atomic E-state index is -0.517. The van der Waals surface area contributed by atoms with Crippen molar-refractivity contribution in [1.29, 1.82) is 0 Å². The van der Waals surface area contributed by atoms with Crippen LogP contribution in [0.3, 0.4) is 0 Å². The summed E-state index contributed by atoms with van der Waals surface area (Å²) in [4.78, 5) is 12.9. The number of hydrogen-bond acceptors (Lipinski definition) is 5. The third-order valence-corrected chi connectivity index (χ3v) is 4.14. The maximum absolute atomic E-state index is 13.4. The van der Waals surface area contributed by atoms with Crippen molar-refractivity contribution in [1.82, 2.24) is 4.90 Å². The van der Waals surface area contributed by atoms with E-state index in [9.17, 15) is 14.5 Å². The number of nitro benzene ring substituents is 1. The molecule has 0 radical (unpaired) electrons. The molecule has 1 heterocycles. The van der Waals surface area contributed by atoms with Gasteiger partial charge >= 0.3 is 0 Å². The molecule has 0 unspecified atom stereocenters. The second kappa shape index (κ2) is 8.04. The van der Waals surface area contributed by atoms with E-state index in [4.69, 9.17) is 4.74 Å². The molecule has 0 amide bonds. The summed E-state index contributed by atoms with van der Waals surface area (Å²) in [6.07, 6.45) is 0. The van der Waals surface area contributed by atoms with E-state index in [-0.39, 0.29) is 11.4 Å². The Balaban J connectivity index is 1.66. The molecule has 3 rings (SSSR count). The van der Waals surface area contributed by atoms with Crippen molar-refractivity contribution in [3.8, 4) is 0 Å². The van der Waals surface area contributed by atoms with Gasteiger partial charge in [-0.15, -0.1) is 0 Å². The number of nitro groups is 1. The molecule has 6 nitrogen and oxygen atoms in total. The van der Waals surface area contributed by atoms with Crippen LogP contribution >= 0.6 is 0 Å². The Hall–Kier alpha value is -2.51. The van der Waals surface area contributed by atoms with Crippen LogP contribution in [0.4, 0.5) is 15.8 Å². The highest BCUT2D eigenvalue weighted by Crippen LogP contribution is 2.25. The molecule has 2 aromatic carbocycles. The van der Waals surface area contributed by atoms with Crippen molar-refractivity contribution in [3.63, 3.8) is 0 Å². The predicted molar refractivity (Wildman–Crippen MR) is 92.9 cm³/mol. The maximum atomic E-state index is 13.4. The highest BCUT2D eigenvalue weighted by Gasteiger charge is 2.14. The molecule has 7 heteroatoms. The van der Waals surface area contributed by atoms with Gasteiger partial charge in [-0.3, -0.25) is 15.0 Å². The molecule has 0 aromatic heterocycles. The molecular weight excluding hydrogens is 325 g/mol. The molecule has 1 aliphatic heterocycles. The predicted octanol–water partition coefficient (Wildman–Crippen LogP) is 3.18. The van der Waals surface area contributed by atoms with Crippen molar-refractivity contribution in [2.75, 3.05) is 31.6 Å². The Morgan fingerprint density at radius 3 is 2.68 bits per heavy atom. The zero-order valence-corrected chi connectivity index (χ0v) is 13.8. The van der Waals surface area contributed by atoms with Gasteiger partial charge in [-0.25, -0.2) is 4.39 Å². The summed E-state index contributed by atoms with van der Waals surface area (Å²) < 4.78 is 18.7. The van der Waals surface area contributed by atoms with E-state index in [1.54, 1.807) is 0 Å². The lowest BCUT2D eigenvalue weighted by Gasteiger charge is -2.26. The van der Waals surface area contributed by atoms with Gasteiger partial charge in [0, 0.05) is 38.3 Å². The number of nitrogens with zero attached hydrogens (tertiary/aromatic N) is 2. The van der Waals surface area contributed by atoms with E-state index >= 15 is 0 Å². The second-order valence-electron chi connectivity index (χ2n) is 5.98. The normalized spacial score (nSPS) is 15.1. The first-order valence-electron chi connectivity index (χ1n) is 8.17. The first kappa shape index (κ1) is 17.3. The Labute approximate surface area is 145 Å². The summed E-state index contributed by atoms with van der Waals surface area (Å²) in [6, 6.07) is 11.4. The van der Waals surface area contributed by atoms with Crippen LogP contribution in [0.15, 0.2) is 42.5 Å². The van der Waals surface area contributed by atoms with Crippen LogP contribution in [-0.4, -0.2) is 36.1 Å². The first-order chi connectivity index (χ1) is 12.1. The second-order valence-corrected chi connectivity index (χ2v) is 5.98. The molecule has 1 N–H and O–H groups in total. The minimum absolute atomic E-state index is 0.133. The summed E-state index contributed by atoms with van der Waals surface area (Å²) >= 11 is 0. The lowest BCUT2D eigenvalue weighted by molar-refractivity contribution is -0.384. The zero-order chi connectivity index (χ0) is 17.6. The van der Waals surface area contributed by atoms with Crippen LogP contribution < -0.4 is 5.32 Å². The van der Waals surface area contributed by atoms with Crippen molar-refractivity contribution < 1.29 is 14.1 Å². The van der Waals surface area contributed by atoms with Gasteiger partial charge in [-0.1, -0.05) is 24.3 Å². The van der Waals surface area contributed by atoms with Crippen LogP contribution in [0, 0.1) is 15.9 Å². The Morgan fingerprint density at radius 2 is 1.92 bits per heavy atom. The molecular formula is C18H20FN3O3. The SMILES string of the molecule is O=[N+]([O-])c1ccc(F)cc1NCc1cccc(CN2CCOCC2)c1. The van der Waals surface area contributed by atoms with Crippen LogP contribution in [0.1, 0.15) is 11.1 Å². The molecule has 0 aliphatic carbocycles. The molecule has 1 fully saturated rings. The standard InChI is InChI=1S/C18H20FN3O3/c19-16-4-5-18(22(23)24)17(11-16)20-12-14-2-1-3-15(10-14)13-21-6-8-25-9-7-21/h1-5,10-11,20H,6-9,12-13H2. The third-order valence-electron chi connectivity index (χ3n) is 4.14. The van der Waals surface area contributed by atoms with E-state index in [1.807, 2.05) is 12.1 Å². The van der Waals surface area contributed by atoms with E-state index < -0.39 is 10.7 Å². The van der Waals surface area contributed by atoms with Crippen molar-refractivity contribution in [2.45, 2.75) is 13.1 Å². The molecule has 25 heavy (non-hydrogen) atoms. The summed E-state index contributed by atoms with van der Waals surface area (Å²) in [5.41, 5.74) is 2.22. The van der Waals surface area contributed by atoms with Crippen molar-refractivity contribution >= 4 is 11.4 Å². The van der Waals surface area contributed by atoms with Gasteiger partial charge in [0.15, 0.2) is 0 Å². The molecule has 0 atom stereocenters. The average molecular weight is 345 g/mol. The van der Waals surface area contributed by atoms with E-state index in [2.05, 4.69) is 22.3 Å². The van der Waals surface area contributed by atoms with Gasteiger partial charge in [-0.2, -0.15) is 0 Å². The molecule has 1 saturated heterocycles. The van der Waals surface area contributed by atoms with Crippen molar-refractivity contribution in [3.05, 3.63) is 69.5 Å². The number of ether oxygens (including phenoxy) is 1. The van der Waals surface area contributed by atoms with Gasteiger partial charge in [-0.05, 0) is 17.2 Å². The molecule has 1 aliphatic rings. The van der Waals surface area contributed by atoms with Crippen molar-refractivity contribution in [2.24, 2.45) is 0 Å². The average Bonchev–Trinajstić information content (AvgIpc) is 2.61. The third kappa shape index (κ3) is 4.74. The fourth-order valence-corrected chi connectivity index (χ4v) is 2.86. The highest BCUT2D eigenvalue weighted by molar-refractivity contribution is 5.61. The summed E-state index contributed by atoms with van der Waals surface area (Å²) in [7, 11) is 0. The smallest absolute Gasteiger partial charge is 0.292 e. The summed E-state index contributed by atoms with van der Waals surface area (Å²) in [5, 5.41) is 14.0. The molecule has 0 spiro atoms. The topological polar surface area (TPSA) is 67.6 Å². The van der Waals surface area contributed by atoms with Crippen LogP contribution in [0.5, 0.6) is 0 Å². The van der Waals surface area contributed by atoms with Gasteiger partial charge < -0.3 is 10.1 Å². The fourth-order valence-electron chi connectivity index (χ4n) is 2.86. The molecule has 2 aromatic rings. The highest BCUT2D eigenvalue weighted by atomic mass is 19.1. The minimum Gasteiger partial charge on any atom is -0.379 e. The van der Waals surface area contributed by atoms with Gasteiger partial charge in [0.25, 0.3) is 5.69 Å². The number of rotatable bonds is 6. The molecule has 0 saturated carbocycles. The van der Waals surface area contributed by atoms with E-state index in [1.165, 1.54) is 11.6 Å². The summed E-state index contributed by atoms with van der Waals surface area (Å²) in [6.45, 7) is 4.57. The molecule has 132 valence electrons. The van der Waals surface area contributed by atoms with Crippen LogP contribution in [0.25, 0.3) is 0 Å². The number of halogens is 1. The summed E-state index contributed by atoms with van der Waals surface area (Å²) in [5.74, 6) is -0.505. The largest absolute Gasteiger partial charge is 0.379 e. The number of morpholine rings is 1. The number of hydrogen-bond donors (Lipinski definition) is 1. The Bertz CT molecular complexity index is 748. The van der Waals surface area contributed by atoms with E-state index in [0.717, 1.165) is 50.5 Å².